The molecular weight excluding hydrogens is 422 g/mol. The van der Waals surface area contributed by atoms with Gasteiger partial charge in [0.15, 0.2) is 0 Å². The Morgan fingerprint density at radius 2 is 1.57 bits per heavy atom. The fraction of sp³-hybridized carbons (Fsp3) is 0.286. The molecule has 1 unspecified atom stereocenters. The lowest BCUT2D eigenvalue weighted by Crippen LogP contribution is -2.28. The molecule has 2 N–H and O–H groups in total. The predicted molar refractivity (Wildman–Crippen MR) is 111 cm³/mol. The Hall–Kier alpha value is -2.67. The van der Waals surface area contributed by atoms with E-state index < -0.39 is 5.92 Å². The Labute approximate surface area is 171 Å². The van der Waals surface area contributed by atoms with Gasteiger partial charge in [0, 0.05) is 34.7 Å². The summed E-state index contributed by atoms with van der Waals surface area (Å²) in [4.78, 5) is 38.6. The van der Waals surface area contributed by atoms with Crippen LogP contribution in [0.5, 0.6) is 0 Å². The Bertz CT molecular complexity index is 942. The first-order valence-corrected chi connectivity index (χ1v) is 10.1. The summed E-state index contributed by atoms with van der Waals surface area (Å²) in [7, 11) is 0. The minimum absolute atomic E-state index is 0.0222. The minimum Gasteiger partial charge on any atom is -0.326 e. The lowest BCUT2D eigenvalue weighted by atomic mass is 10.1. The highest BCUT2D eigenvalue weighted by Crippen LogP contribution is 2.32. The molecule has 2 aromatic rings. The lowest BCUT2D eigenvalue weighted by Gasteiger charge is -2.18. The zero-order valence-corrected chi connectivity index (χ0v) is 16.7. The van der Waals surface area contributed by atoms with Crippen molar-refractivity contribution in [2.24, 2.45) is 11.8 Å². The van der Waals surface area contributed by atoms with Crippen molar-refractivity contribution in [3.8, 4) is 0 Å². The average molecular weight is 442 g/mol. The van der Waals surface area contributed by atoms with Gasteiger partial charge in [0.1, 0.15) is 0 Å². The molecule has 144 valence electrons. The summed E-state index contributed by atoms with van der Waals surface area (Å²) in [6.45, 7) is 0.339. The number of hydrogen-bond acceptors (Lipinski definition) is 3. The van der Waals surface area contributed by atoms with E-state index in [4.69, 9.17) is 0 Å². The first kappa shape index (κ1) is 18.7. The lowest BCUT2D eigenvalue weighted by molar-refractivity contribution is -0.122. The van der Waals surface area contributed by atoms with E-state index in [2.05, 4.69) is 26.6 Å². The molecule has 7 heteroatoms. The van der Waals surface area contributed by atoms with Gasteiger partial charge in [-0.15, -0.1) is 0 Å². The van der Waals surface area contributed by atoms with Crippen LogP contribution < -0.4 is 15.5 Å². The van der Waals surface area contributed by atoms with Gasteiger partial charge in [-0.1, -0.05) is 18.2 Å². The maximum Gasteiger partial charge on any atom is 0.229 e. The fourth-order valence-corrected chi connectivity index (χ4v) is 3.79. The van der Waals surface area contributed by atoms with Crippen molar-refractivity contribution in [3.05, 3.63) is 53.0 Å². The molecule has 2 aromatic carbocycles. The summed E-state index contributed by atoms with van der Waals surface area (Å²) in [5.74, 6) is -0.560. The van der Waals surface area contributed by atoms with Crippen LogP contribution >= 0.6 is 15.9 Å². The monoisotopic (exact) mass is 441 g/mol. The molecule has 1 heterocycles. The van der Waals surface area contributed by atoms with Gasteiger partial charge < -0.3 is 15.5 Å². The van der Waals surface area contributed by atoms with Crippen LogP contribution in [0.1, 0.15) is 19.3 Å². The van der Waals surface area contributed by atoms with Gasteiger partial charge in [-0.3, -0.25) is 14.4 Å². The van der Waals surface area contributed by atoms with E-state index in [0.29, 0.717) is 17.9 Å². The molecule has 28 heavy (non-hydrogen) atoms. The fourth-order valence-electron chi connectivity index (χ4n) is 3.30. The molecule has 1 saturated heterocycles. The third-order valence-corrected chi connectivity index (χ3v) is 5.66. The quantitative estimate of drug-likeness (QED) is 0.740. The minimum atomic E-state index is -0.427. The molecular formula is C21H20BrN3O3. The molecule has 1 aliphatic heterocycles. The van der Waals surface area contributed by atoms with Gasteiger partial charge in [-0.25, -0.2) is 0 Å². The zero-order chi connectivity index (χ0) is 19.7. The van der Waals surface area contributed by atoms with Gasteiger partial charge in [0.2, 0.25) is 17.7 Å². The van der Waals surface area contributed by atoms with E-state index in [0.717, 1.165) is 23.0 Å². The van der Waals surface area contributed by atoms with Crippen LogP contribution in [0.3, 0.4) is 0 Å². The van der Waals surface area contributed by atoms with Gasteiger partial charge in [0.05, 0.1) is 11.6 Å². The van der Waals surface area contributed by atoms with E-state index in [9.17, 15) is 14.4 Å². The Kier molecular flexibility index (Phi) is 5.17. The molecule has 0 aromatic heterocycles. The summed E-state index contributed by atoms with van der Waals surface area (Å²) < 4.78 is 0.823. The number of nitrogens with one attached hydrogen (secondary N) is 2. The third kappa shape index (κ3) is 4.09. The van der Waals surface area contributed by atoms with E-state index in [1.54, 1.807) is 29.2 Å². The van der Waals surface area contributed by atoms with Crippen molar-refractivity contribution in [1.29, 1.82) is 0 Å². The maximum absolute atomic E-state index is 12.7. The van der Waals surface area contributed by atoms with Crippen molar-refractivity contribution < 1.29 is 14.4 Å². The molecule has 2 aliphatic rings. The van der Waals surface area contributed by atoms with Crippen LogP contribution in [-0.2, 0) is 14.4 Å². The molecule has 0 spiro atoms. The van der Waals surface area contributed by atoms with E-state index in [1.807, 2.05) is 24.3 Å². The second-order valence-corrected chi connectivity index (χ2v) is 8.04. The number of anilines is 3. The van der Waals surface area contributed by atoms with Crippen molar-refractivity contribution in [3.63, 3.8) is 0 Å². The summed E-state index contributed by atoms with van der Waals surface area (Å²) in [6, 6.07) is 14.6. The number of nitrogens with zero attached hydrogens (tertiary/aromatic N) is 1. The molecule has 0 radical (unpaired) electrons. The largest absolute Gasteiger partial charge is 0.326 e. The highest BCUT2D eigenvalue weighted by atomic mass is 79.9. The van der Waals surface area contributed by atoms with Gasteiger partial charge in [0.25, 0.3) is 0 Å². The number of para-hydroxylation sites is 1. The van der Waals surface area contributed by atoms with Crippen LogP contribution in [0.15, 0.2) is 53.0 Å². The first-order valence-electron chi connectivity index (χ1n) is 9.28. The maximum atomic E-state index is 12.7. The molecule has 0 bridgehead atoms. The zero-order valence-electron chi connectivity index (χ0n) is 15.2. The molecule has 6 nitrogen and oxygen atoms in total. The second-order valence-electron chi connectivity index (χ2n) is 7.19. The molecule has 1 atom stereocenters. The Morgan fingerprint density at radius 1 is 0.929 bits per heavy atom. The number of hydrogen-bond donors (Lipinski definition) is 2. The van der Waals surface area contributed by atoms with Crippen LogP contribution in [0.2, 0.25) is 0 Å². The van der Waals surface area contributed by atoms with E-state index in [1.165, 1.54) is 0 Å². The standard InChI is InChI=1S/C21H20BrN3O3/c22-17-6-1-2-7-18(17)25-12-14(10-19(25)26)21(28)24-16-5-3-4-15(11-16)23-20(27)13-8-9-13/h1-7,11,13-14H,8-10,12H2,(H,23,27)(H,24,28). The third-order valence-electron chi connectivity index (χ3n) is 4.98. The molecule has 1 aliphatic carbocycles. The highest BCUT2D eigenvalue weighted by Gasteiger charge is 2.36. The van der Waals surface area contributed by atoms with Gasteiger partial charge in [-0.2, -0.15) is 0 Å². The number of rotatable bonds is 5. The number of carbonyl (C=O) groups excluding carboxylic acids is 3. The number of amides is 3. The van der Waals surface area contributed by atoms with Crippen molar-refractivity contribution in [1.82, 2.24) is 0 Å². The number of carbonyl (C=O) groups is 3. The summed E-state index contributed by atoms with van der Waals surface area (Å²) in [6.07, 6.45) is 2.04. The Morgan fingerprint density at radius 3 is 2.21 bits per heavy atom. The van der Waals surface area contributed by atoms with Gasteiger partial charge >= 0.3 is 0 Å². The Balaban J connectivity index is 1.41. The van der Waals surface area contributed by atoms with E-state index >= 15 is 0 Å². The predicted octanol–water partition coefficient (Wildman–Crippen LogP) is 3.79. The van der Waals surface area contributed by atoms with Crippen LogP contribution in [0.25, 0.3) is 0 Å². The van der Waals surface area contributed by atoms with Crippen LogP contribution in [-0.4, -0.2) is 24.3 Å². The molecule has 2 fully saturated rings. The summed E-state index contributed by atoms with van der Waals surface area (Å²) in [5, 5.41) is 5.74. The molecule has 3 amide bonds. The van der Waals surface area contributed by atoms with Gasteiger partial charge in [-0.05, 0) is 59.1 Å². The molecule has 1 saturated carbocycles. The van der Waals surface area contributed by atoms with E-state index in [-0.39, 0.29) is 30.1 Å². The summed E-state index contributed by atoms with van der Waals surface area (Å²) >= 11 is 3.46. The second kappa shape index (κ2) is 7.75. The normalized spacial score (nSPS) is 18.8. The molecule has 4 rings (SSSR count). The number of halogens is 1. The van der Waals surface area contributed by atoms with Crippen molar-refractivity contribution in [2.75, 3.05) is 22.1 Å². The summed E-state index contributed by atoms with van der Waals surface area (Å²) in [5.41, 5.74) is 2.03. The van der Waals surface area contributed by atoms with Crippen molar-refractivity contribution in [2.45, 2.75) is 19.3 Å². The van der Waals surface area contributed by atoms with Crippen LogP contribution in [0, 0.1) is 11.8 Å². The van der Waals surface area contributed by atoms with Crippen LogP contribution in [0.4, 0.5) is 17.1 Å². The topological polar surface area (TPSA) is 78.5 Å². The SMILES string of the molecule is O=C(Nc1cccc(NC(=O)C2CC(=O)N(c3ccccc3Br)C2)c1)C1CC1. The van der Waals surface area contributed by atoms with Crippen molar-refractivity contribution >= 4 is 50.7 Å². The number of benzene rings is 2. The average Bonchev–Trinajstić information content (AvgIpc) is 3.45. The smallest absolute Gasteiger partial charge is 0.229 e. The first-order chi connectivity index (χ1) is 13.5. The highest BCUT2D eigenvalue weighted by molar-refractivity contribution is 9.10.